The van der Waals surface area contributed by atoms with Gasteiger partial charge in [-0.2, -0.15) is 0 Å². The van der Waals surface area contributed by atoms with E-state index in [4.69, 9.17) is 0 Å². The molecule has 0 saturated carbocycles. The zero-order valence-corrected chi connectivity index (χ0v) is 25.2. The molecular formula is C32H71NO2. The number of unbranched alkanes of at least 4 members (excludes halogenated alkanes) is 20. The fraction of sp³-hybridized carbons (Fsp3) is 1.00. The monoisotopic (exact) mass is 502 g/mol. The third kappa shape index (κ3) is 26.7. The summed E-state index contributed by atoms with van der Waals surface area (Å²) in [5.41, 5.74) is 0. The van der Waals surface area contributed by atoms with Crippen molar-refractivity contribution in [1.82, 2.24) is 0 Å². The van der Waals surface area contributed by atoms with Gasteiger partial charge in [0.1, 0.15) is 0 Å². The molecule has 35 heavy (non-hydrogen) atoms. The molecule has 0 rings (SSSR count). The molecular weight excluding hydrogens is 430 g/mol. The Morgan fingerprint density at radius 2 is 0.457 bits per heavy atom. The van der Waals surface area contributed by atoms with Crippen LogP contribution in [0.4, 0.5) is 0 Å². The van der Waals surface area contributed by atoms with Gasteiger partial charge in [0.15, 0.2) is 0 Å². The Balaban J connectivity index is -0.00000512. The van der Waals surface area contributed by atoms with Crippen LogP contribution in [0.2, 0.25) is 0 Å². The summed E-state index contributed by atoms with van der Waals surface area (Å²) in [5, 5.41) is 0. The van der Waals surface area contributed by atoms with E-state index in [9.17, 15) is 0 Å². The summed E-state index contributed by atoms with van der Waals surface area (Å²) in [7, 11) is 0. The van der Waals surface area contributed by atoms with E-state index in [1.807, 2.05) is 0 Å². The maximum absolute atomic E-state index is 2.34. The third-order valence-electron chi connectivity index (χ3n) is 7.94. The van der Waals surface area contributed by atoms with E-state index >= 15 is 0 Å². The summed E-state index contributed by atoms with van der Waals surface area (Å²) in [6.07, 6.45) is 34.8. The van der Waals surface area contributed by atoms with Crippen LogP contribution < -0.4 is 0 Å². The Bertz CT molecular complexity index is 292. The summed E-state index contributed by atoms with van der Waals surface area (Å²) < 4.78 is 1.48. The van der Waals surface area contributed by atoms with Gasteiger partial charge in [-0.3, -0.25) is 0 Å². The van der Waals surface area contributed by atoms with Crippen molar-refractivity contribution >= 4 is 0 Å². The Kier molecular flexibility index (Phi) is 35.9. The van der Waals surface area contributed by atoms with Gasteiger partial charge in [0, 0.05) is 0 Å². The first-order chi connectivity index (χ1) is 16.2. The molecule has 0 radical (unpaired) electrons. The first-order valence-electron chi connectivity index (χ1n) is 16.1. The maximum Gasteiger partial charge on any atom is 0.0786 e. The van der Waals surface area contributed by atoms with Crippen LogP contribution in [-0.4, -0.2) is 41.6 Å². The molecule has 216 valence electrons. The summed E-state index contributed by atoms with van der Waals surface area (Å²) in [5.74, 6) is 0. The lowest BCUT2D eigenvalue weighted by Gasteiger charge is -2.40. The van der Waals surface area contributed by atoms with E-state index in [0.29, 0.717) is 0 Å². The van der Waals surface area contributed by atoms with Crippen LogP contribution in [0.5, 0.6) is 0 Å². The molecule has 0 aliphatic heterocycles. The van der Waals surface area contributed by atoms with Gasteiger partial charge in [-0.05, 0) is 51.4 Å². The van der Waals surface area contributed by atoms with Crippen LogP contribution in [0.3, 0.4) is 0 Å². The highest BCUT2D eigenvalue weighted by Gasteiger charge is 2.25. The average Bonchev–Trinajstić information content (AvgIpc) is 2.83. The quantitative estimate of drug-likeness (QED) is 0.0776. The van der Waals surface area contributed by atoms with Crippen molar-refractivity contribution in [3.05, 3.63) is 0 Å². The van der Waals surface area contributed by atoms with Crippen LogP contribution in [0.15, 0.2) is 0 Å². The molecule has 0 spiro atoms. The summed E-state index contributed by atoms with van der Waals surface area (Å²) in [6.45, 7) is 15.3. The van der Waals surface area contributed by atoms with Gasteiger partial charge in [-0.15, -0.1) is 0 Å². The summed E-state index contributed by atoms with van der Waals surface area (Å²) >= 11 is 0. The lowest BCUT2D eigenvalue weighted by molar-refractivity contribution is -0.929. The predicted molar refractivity (Wildman–Crippen MR) is 159 cm³/mol. The lowest BCUT2D eigenvalue weighted by Crippen LogP contribution is -2.50. The number of hydrogen-bond donors (Lipinski definition) is 0. The van der Waals surface area contributed by atoms with E-state index in [-0.39, 0.29) is 11.0 Å². The zero-order valence-electron chi connectivity index (χ0n) is 25.2. The van der Waals surface area contributed by atoms with Crippen molar-refractivity contribution < 1.29 is 15.4 Å². The first-order valence-corrected chi connectivity index (χ1v) is 16.1. The molecule has 0 amide bonds. The van der Waals surface area contributed by atoms with Gasteiger partial charge in [0.25, 0.3) is 0 Å². The van der Waals surface area contributed by atoms with Crippen LogP contribution in [-0.2, 0) is 0 Å². The Morgan fingerprint density at radius 1 is 0.286 bits per heavy atom. The zero-order chi connectivity index (χ0) is 24.3. The summed E-state index contributed by atoms with van der Waals surface area (Å²) in [6, 6.07) is 0. The van der Waals surface area contributed by atoms with E-state index in [2.05, 4.69) is 27.7 Å². The Labute approximate surface area is 223 Å². The summed E-state index contributed by atoms with van der Waals surface area (Å²) in [4.78, 5) is 0. The van der Waals surface area contributed by atoms with Gasteiger partial charge in [0.05, 0.1) is 26.2 Å². The molecule has 3 N–H and O–H groups in total. The van der Waals surface area contributed by atoms with E-state index in [1.54, 1.807) is 0 Å². The molecule has 0 aliphatic rings. The Hall–Kier alpha value is -0.120. The molecule has 0 aromatic heterocycles. The van der Waals surface area contributed by atoms with E-state index in [0.717, 1.165) is 0 Å². The van der Waals surface area contributed by atoms with E-state index in [1.165, 1.54) is 185 Å². The highest BCUT2D eigenvalue weighted by atomic mass is 16.0. The second-order valence-electron chi connectivity index (χ2n) is 11.3. The standard InChI is InChI=1S/C32H68N.2H2O/c1-5-9-13-17-21-25-29-33(30-26-22-18-14-10-6-2,31-27-23-19-15-11-7-3)32-28-24-20-16-12-8-4;;/h5-32H2,1-4H3;2*1H2/q+1;;/p-1. The molecule has 3 heteroatoms. The van der Waals surface area contributed by atoms with Crippen molar-refractivity contribution in [2.45, 2.75) is 182 Å². The fourth-order valence-corrected chi connectivity index (χ4v) is 5.58. The fourth-order valence-electron chi connectivity index (χ4n) is 5.58. The van der Waals surface area contributed by atoms with Crippen molar-refractivity contribution in [1.29, 1.82) is 0 Å². The minimum Gasteiger partial charge on any atom is -0.870 e. The van der Waals surface area contributed by atoms with Crippen molar-refractivity contribution in [3.8, 4) is 0 Å². The molecule has 0 aliphatic carbocycles. The normalized spacial score (nSPS) is 11.3. The number of nitrogens with zero attached hydrogens (tertiary/aromatic N) is 1. The molecule has 3 nitrogen and oxygen atoms in total. The largest absolute Gasteiger partial charge is 0.870 e. The smallest absolute Gasteiger partial charge is 0.0786 e. The molecule has 0 atom stereocenters. The highest BCUT2D eigenvalue weighted by molar-refractivity contribution is 4.55. The minimum absolute atomic E-state index is 0. The van der Waals surface area contributed by atoms with Gasteiger partial charge >= 0.3 is 0 Å². The van der Waals surface area contributed by atoms with Crippen LogP contribution in [0.1, 0.15) is 182 Å². The molecule has 0 bridgehead atoms. The van der Waals surface area contributed by atoms with Crippen molar-refractivity contribution in [2.75, 3.05) is 26.2 Å². The second kappa shape index (κ2) is 31.9. The van der Waals surface area contributed by atoms with Crippen molar-refractivity contribution in [2.24, 2.45) is 0 Å². The molecule has 0 aromatic carbocycles. The minimum atomic E-state index is 0. The topological polar surface area (TPSA) is 61.5 Å². The average molecular weight is 502 g/mol. The SMILES string of the molecule is CCCCCCCC[N+](CCCCCCCC)(CCCCCCCC)CCCCCCCC.O.[OH-]. The predicted octanol–water partition coefficient (Wildman–Crippen LogP) is 10.2. The van der Waals surface area contributed by atoms with Crippen LogP contribution >= 0.6 is 0 Å². The third-order valence-corrected chi connectivity index (χ3v) is 7.94. The van der Waals surface area contributed by atoms with Crippen molar-refractivity contribution in [3.63, 3.8) is 0 Å². The molecule has 0 unspecified atom stereocenters. The van der Waals surface area contributed by atoms with Gasteiger partial charge in [-0.25, -0.2) is 0 Å². The molecule has 0 fully saturated rings. The van der Waals surface area contributed by atoms with E-state index < -0.39 is 0 Å². The molecule has 0 saturated heterocycles. The first kappa shape index (κ1) is 39.4. The van der Waals surface area contributed by atoms with Gasteiger partial charge < -0.3 is 15.4 Å². The Morgan fingerprint density at radius 3 is 0.657 bits per heavy atom. The molecule has 0 aromatic rings. The van der Waals surface area contributed by atoms with Gasteiger partial charge in [-0.1, -0.05) is 130 Å². The van der Waals surface area contributed by atoms with Gasteiger partial charge in [0.2, 0.25) is 0 Å². The highest BCUT2D eigenvalue weighted by Crippen LogP contribution is 2.20. The second-order valence-corrected chi connectivity index (χ2v) is 11.3. The lowest BCUT2D eigenvalue weighted by atomic mass is 10.0. The number of rotatable bonds is 28. The van der Waals surface area contributed by atoms with Crippen LogP contribution in [0, 0.1) is 0 Å². The number of hydrogen-bond acceptors (Lipinski definition) is 1. The molecule has 0 heterocycles. The van der Waals surface area contributed by atoms with Crippen LogP contribution in [0.25, 0.3) is 0 Å². The number of quaternary nitrogens is 1. The maximum atomic E-state index is 2.34.